The number of aromatic amines is 1. The van der Waals surface area contributed by atoms with Crippen LogP contribution >= 0.6 is 11.6 Å². The number of halogens is 1. The van der Waals surface area contributed by atoms with Crippen LogP contribution in [0.3, 0.4) is 0 Å². The molecule has 0 aromatic carbocycles. The van der Waals surface area contributed by atoms with Gasteiger partial charge in [-0.1, -0.05) is 0 Å². The van der Waals surface area contributed by atoms with Crippen molar-refractivity contribution in [2.24, 2.45) is 5.92 Å². The maximum atomic E-state index is 12.7. The van der Waals surface area contributed by atoms with Gasteiger partial charge >= 0.3 is 0 Å². The number of rotatable bonds is 5. The molecule has 0 amide bonds. The third kappa shape index (κ3) is 3.00. The van der Waals surface area contributed by atoms with Gasteiger partial charge in [0.05, 0.1) is 17.3 Å². The van der Waals surface area contributed by atoms with Crippen molar-refractivity contribution < 1.29 is 8.42 Å². The lowest BCUT2D eigenvalue weighted by Gasteiger charge is -2.21. The molecule has 1 aromatic rings. The van der Waals surface area contributed by atoms with E-state index >= 15 is 0 Å². The molecule has 1 saturated heterocycles. The number of nitrogens with zero attached hydrogens (tertiary/aromatic N) is 3. The first-order chi connectivity index (χ1) is 9.36. The van der Waals surface area contributed by atoms with E-state index in [0.717, 1.165) is 19.5 Å². The average molecular weight is 321 g/mol. The molecule has 1 aromatic heterocycles. The molecule has 2 heterocycles. The molecule has 2 rings (SSSR count). The van der Waals surface area contributed by atoms with Gasteiger partial charge in [0.1, 0.15) is 4.90 Å². The Morgan fingerprint density at radius 1 is 1.55 bits per heavy atom. The molecule has 0 spiro atoms. The summed E-state index contributed by atoms with van der Waals surface area (Å²) in [5, 5.41) is 6.66. The number of aryl methyl sites for hydroxylation is 1. The zero-order valence-corrected chi connectivity index (χ0v) is 13.6. The molecule has 0 bridgehead atoms. The van der Waals surface area contributed by atoms with E-state index in [0.29, 0.717) is 23.9 Å². The van der Waals surface area contributed by atoms with Gasteiger partial charge in [-0.05, 0) is 32.9 Å². The first-order valence-corrected chi connectivity index (χ1v) is 8.58. The number of hydrogen-bond acceptors (Lipinski definition) is 4. The van der Waals surface area contributed by atoms with Crippen LogP contribution in [-0.2, 0) is 15.9 Å². The van der Waals surface area contributed by atoms with Crippen molar-refractivity contribution in [3.05, 3.63) is 11.4 Å². The minimum absolute atomic E-state index is 0.0823. The van der Waals surface area contributed by atoms with Crippen molar-refractivity contribution in [1.29, 1.82) is 0 Å². The first-order valence-electron chi connectivity index (χ1n) is 6.61. The van der Waals surface area contributed by atoms with Crippen molar-refractivity contribution in [3.8, 4) is 0 Å². The van der Waals surface area contributed by atoms with E-state index < -0.39 is 10.0 Å². The minimum atomic E-state index is -3.54. The summed E-state index contributed by atoms with van der Waals surface area (Å²) >= 11 is 5.77. The van der Waals surface area contributed by atoms with Crippen molar-refractivity contribution in [1.82, 2.24) is 19.4 Å². The molecule has 8 heteroatoms. The van der Waals surface area contributed by atoms with Gasteiger partial charge in [0.25, 0.3) is 0 Å². The Morgan fingerprint density at radius 2 is 2.25 bits per heavy atom. The van der Waals surface area contributed by atoms with Crippen LogP contribution in [0.15, 0.2) is 4.90 Å². The number of aromatic nitrogens is 2. The highest BCUT2D eigenvalue weighted by Gasteiger charge is 2.31. The molecule has 0 radical (unpaired) electrons. The molecule has 114 valence electrons. The third-order valence-electron chi connectivity index (χ3n) is 3.76. The molecule has 1 atom stereocenters. The largest absolute Gasteiger partial charge is 0.306 e. The highest BCUT2D eigenvalue weighted by atomic mass is 35.5. The summed E-state index contributed by atoms with van der Waals surface area (Å²) < 4.78 is 26.7. The standard InChI is InChI=1S/C12H21ClN4O2S/c1-9-12(11(6-13)15-14-9)20(18,19)17(3)8-10-4-5-16(2)7-10/h10H,4-8H2,1-3H3,(H,14,15). The molecule has 0 aliphatic carbocycles. The Bertz CT molecular complexity index is 572. The SMILES string of the molecule is Cc1[nH]nc(CCl)c1S(=O)(=O)N(C)CC1CCN(C)C1. The fourth-order valence-electron chi connectivity index (χ4n) is 2.70. The lowest BCUT2D eigenvalue weighted by molar-refractivity contribution is 0.356. The van der Waals surface area contributed by atoms with E-state index in [-0.39, 0.29) is 10.8 Å². The maximum absolute atomic E-state index is 12.7. The number of likely N-dealkylation sites (tertiary alicyclic amines) is 1. The number of H-pyrrole nitrogens is 1. The predicted molar refractivity (Wildman–Crippen MR) is 78.3 cm³/mol. The van der Waals surface area contributed by atoms with Crippen LogP contribution in [0.4, 0.5) is 0 Å². The summed E-state index contributed by atoms with van der Waals surface area (Å²) in [7, 11) is 0.142. The van der Waals surface area contributed by atoms with Crippen molar-refractivity contribution >= 4 is 21.6 Å². The first kappa shape index (κ1) is 15.8. The smallest absolute Gasteiger partial charge is 0.246 e. The zero-order valence-electron chi connectivity index (χ0n) is 12.1. The molecular formula is C12H21ClN4O2S. The lowest BCUT2D eigenvalue weighted by atomic mass is 10.1. The van der Waals surface area contributed by atoms with Crippen LogP contribution in [0, 0.1) is 12.8 Å². The van der Waals surface area contributed by atoms with Crippen molar-refractivity contribution in [3.63, 3.8) is 0 Å². The highest BCUT2D eigenvalue weighted by Crippen LogP contribution is 2.24. The number of nitrogens with one attached hydrogen (secondary N) is 1. The van der Waals surface area contributed by atoms with Gasteiger partial charge in [0.2, 0.25) is 10.0 Å². The van der Waals surface area contributed by atoms with Crippen LogP contribution in [0.1, 0.15) is 17.8 Å². The summed E-state index contributed by atoms with van der Waals surface area (Å²) in [6.07, 6.45) is 1.03. The topological polar surface area (TPSA) is 69.3 Å². The van der Waals surface area contributed by atoms with Gasteiger partial charge in [-0.15, -0.1) is 11.6 Å². The lowest BCUT2D eigenvalue weighted by Crippen LogP contribution is -2.33. The second kappa shape index (κ2) is 6.01. The van der Waals surface area contributed by atoms with E-state index in [1.54, 1.807) is 14.0 Å². The van der Waals surface area contributed by atoms with Crippen LogP contribution in [0.5, 0.6) is 0 Å². The van der Waals surface area contributed by atoms with E-state index in [2.05, 4.69) is 22.1 Å². The molecule has 20 heavy (non-hydrogen) atoms. The fraction of sp³-hybridized carbons (Fsp3) is 0.750. The van der Waals surface area contributed by atoms with Crippen LogP contribution < -0.4 is 0 Å². The van der Waals surface area contributed by atoms with E-state index in [1.807, 2.05) is 0 Å². The van der Waals surface area contributed by atoms with Crippen molar-refractivity contribution in [2.75, 3.05) is 33.7 Å². The van der Waals surface area contributed by atoms with Gasteiger partial charge in [-0.2, -0.15) is 5.10 Å². The molecule has 6 nitrogen and oxygen atoms in total. The Kier molecular flexibility index (Phi) is 4.73. The average Bonchev–Trinajstić information content (AvgIpc) is 2.95. The predicted octanol–water partition coefficient (Wildman–Crippen LogP) is 1.03. The fourth-order valence-corrected chi connectivity index (χ4v) is 4.53. The van der Waals surface area contributed by atoms with Crippen molar-refractivity contribution in [2.45, 2.75) is 24.1 Å². The summed E-state index contributed by atoms with van der Waals surface area (Å²) in [5.74, 6) is 0.463. The second-order valence-corrected chi connectivity index (χ2v) is 7.71. The molecule has 1 unspecified atom stereocenters. The van der Waals surface area contributed by atoms with E-state index in [9.17, 15) is 8.42 Å². The Hall–Kier alpha value is -0.630. The Balaban J connectivity index is 2.19. The molecule has 1 aliphatic heterocycles. The van der Waals surface area contributed by atoms with Gasteiger partial charge < -0.3 is 4.90 Å². The van der Waals surface area contributed by atoms with Gasteiger partial charge in [0.15, 0.2) is 0 Å². The number of alkyl halides is 1. The van der Waals surface area contributed by atoms with Crippen LogP contribution in [0.2, 0.25) is 0 Å². The summed E-state index contributed by atoms with van der Waals surface area (Å²) in [5.41, 5.74) is 0.926. The summed E-state index contributed by atoms with van der Waals surface area (Å²) in [6, 6.07) is 0. The second-order valence-electron chi connectivity index (χ2n) is 5.46. The normalized spacial score (nSPS) is 20.9. The number of sulfonamides is 1. The van der Waals surface area contributed by atoms with Crippen LogP contribution in [0.25, 0.3) is 0 Å². The maximum Gasteiger partial charge on any atom is 0.246 e. The molecule has 0 saturated carbocycles. The van der Waals surface area contributed by atoms with E-state index in [1.165, 1.54) is 4.31 Å². The van der Waals surface area contributed by atoms with Crippen LogP contribution in [-0.4, -0.2) is 61.5 Å². The summed E-state index contributed by atoms with van der Waals surface area (Å²) in [6.45, 7) is 4.19. The molecule has 1 fully saturated rings. The molecule has 1 aliphatic rings. The highest BCUT2D eigenvalue weighted by molar-refractivity contribution is 7.89. The third-order valence-corrected chi connectivity index (χ3v) is 6.04. The Labute approximate surface area is 125 Å². The molecule has 1 N–H and O–H groups in total. The molecular weight excluding hydrogens is 300 g/mol. The minimum Gasteiger partial charge on any atom is -0.306 e. The zero-order chi connectivity index (χ0) is 14.9. The van der Waals surface area contributed by atoms with Gasteiger partial charge in [-0.25, -0.2) is 12.7 Å². The summed E-state index contributed by atoms with van der Waals surface area (Å²) in [4.78, 5) is 2.44. The van der Waals surface area contributed by atoms with Gasteiger partial charge in [-0.3, -0.25) is 5.10 Å². The van der Waals surface area contributed by atoms with Gasteiger partial charge in [0, 0.05) is 20.1 Å². The van der Waals surface area contributed by atoms with E-state index in [4.69, 9.17) is 11.6 Å². The monoisotopic (exact) mass is 320 g/mol. The Morgan fingerprint density at radius 3 is 2.80 bits per heavy atom. The number of hydrogen-bond donors (Lipinski definition) is 1. The quantitative estimate of drug-likeness (QED) is 0.823.